The van der Waals surface area contributed by atoms with Crippen LogP contribution in [0.5, 0.6) is 0 Å². The zero-order chi connectivity index (χ0) is 14.3. The van der Waals surface area contributed by atoms with Crippen LogP contribution < -0.4 is 10.5 Å². The molecule has 1 rings (SSSR count). The van der Waals surface area contributed by atoms with Gasteiger partial charge in [0, 0.05) is 18.0 Å². The fourth-order valence-electron chi connectivity index (χ4n) is 1.41. The lowest BCUT2D eigenvalue weighted by atomic mass is 10.2. The molecular formula is C11H16ClN3O3S. The maximum atomic E-state index is 11.9. The Kier molecular flexibility index (Phi) is 6.07. The van der Waals surface area contributed by atoms with Gasteiger partial charge in [-0.25, -0.2) is 13.1 Å². The van der Waals surface area contributed by atoms with Crippen LogP contribution in [-0.2, 0) is 10.0 Å². The Balaban J connectivity index is 2.44. The van der Waals surface area contributed by atoms with Crippen molar-refractivity contribution < 1.29 is 13.6 Å². The van der Waals surface area contributed by atoms with E-state index in [-0.39, 0.29) is 17.3 Å². The third kappa shape index (κ3) is 5.46. The van der Waals surface area contributed by atoms with E-state index in [0.29, 0.717) is 24.3 Å². The third-order valence-electron chi connectivity index (χ3n) is 2.39. The van der Waals surface area contributed by atoms with Gasteiger partial charge in [0.25, 0.3) is 0 Å². The number of sulfonamides is 1. The van der Waals surface area contributed by atoms with Crippen LogP contribution in [0.4, 0.5) is 0 Å². The van der Waals surface area contributed by atoms with E-state index in [1.807, 2.05) is 0 Å². The molecule has 0 atom stereocenters. The molecule has 0 aliphatic rings. The van der Waals surface area contributed by atoms with Crippen molar-refractivity contribution in [3.63, 3.8) is 0 Å². The first kappa shape index (κ1) is 15.7. The molecule has 4 N–H and O–H groups in total. The van der Waals surface area contributed by atoms with Crippen molar-refractivity contribution in [2.24, 2.45) is 10.9 Å². The molecule has 0 bridgehead atoms. The zero-order valence-corrected chi connectivity index (χ0v) is 11.8. The number of nitrogens with zero attached hydrogens (tertiary/aromatic N) is 1. The molecular weight excluding hydrogens is 290 g/mol. The number of nitrogens with two attached hydrogens (primary N) is 1. The highest BCUT2D eigenvalue weighted by molar-refractivity contribution is 7.89. The van der Waals surface area contributed by atoms with Gasteiger partial charge in [0.15, 0.2) is 0 Å². The van der Waals surface area contributed by atoms with Gasteiger partial charge in [0.05, 0.1) is 4.90 Å². The highest BCUT2D eigenvalue weighted by Gasteiger charge is 2.13. The minimum absolute atomic E-state index is 0.136. The van der Waals surface area contributed by atoms with Crippen LogP contribution in [0, 0.1) is 0 Å². The van der Waals surface area contributed by atoms with E-state index in [4.69, 9.17) is 22.5 Å². The number of rotatable bonds is 7. The number of hydrogen-bond acceptors (Lipinski definition) is 4. The molecule has 0 saturated heterocycles. The van der Waals surface area contributed by atoms with E-state index in [9.17, 15) is 8.42 Å². The van der Waals surface area contributed by atoms with Gasteiger partial charge in [-0.3, -0.25) is 0 Å². The molecule has 0 fully saturated rings. The first-order valence-electron chi connectivity index (χ1n) is 5.67. The van der Waals surface area contributed by atoms with Crippen LogP contribution in [0.2, 0.25) is 5.02 Å². The standard InChI is InChI=1S/C11H16ClN3O3S/c12-9-4-3-5-10(8-9)19(17,18)14-7-2-1-6-11(13)15-16/h3-5,8,14,16H,1-2,6-7H2,(H2,13,15). The largest absolute Gasteiger partial charge is 0.409 e. The highest BCUT2D eigenvalue weighted by Crippen LogP contribution is 2.15. The van der Waals surface area contributed by atoms with Crippen LogP contribution in [0.1, 0.15) is 19.3 Å². The molecule has 19 heavy (non-hydrogen) atoms. The minimum atomic E-state index is -3.53. The van der Waals surface area contributed by atoms with Crippen LogP contribution in [-0.4, -0.2) is 26.0 Å². The molecule has 0 amide bonds. The summed E-state index contributed by atoms with van der Waals surface area (Å²) in [4.78, 5) is 0.136. The summed E-state index contributed by atoms with van der Waals surface area (Å²) in [7, 11) is -3.53. The second-order valence-corrected chi connectivity index (χ2v) is 6.11. The molecule has 8 heteroatoms. The molecule has 1 aromatic rings. The van der Waals surface area contributed by atoms with Crippen molar-refractivity contribution in [2.45, 2.75) is 24.2 Å². The molecule has 0 heterocycles. The first-order chi connectivity index (χ1) is 8.95. The van der Waals surface area contributed by atoms with Gasteiger partial charge in [-0.05, 0) is 31.0 Å². The number of benzene rings is 1. The normalized spacial score (nSPS) is 12.6. The SMILES string of the molecule is NC(CCCCNS(=O)(=O)c1cccc(Cl)c1)=NO. The summed E-state index contributed by atoms with van der Waals surface area (Å²) in [5, 5.41) is 11.5. The minimum Gasteiger partial charge on any atom is -0.409 e. The Bertz CT molecular complexity index is 546. The number of nitrogens with one attached hydrogen (secondary N) is 1. The van der Waals surface area contributed by atoms with Gasteiger partial charge >= 0.3 is 0 Å². The van der Waals surface area contributed by atoms with Crippen molar-refractivity contribution in [1.29, 1.82) is 0 Å². The Hall–Kier alpha value is -1.31. The predicted octanol–water partition coefficient (Wildman–Crippen LogP) is 1.53. The van der Waals surface area contributed by atoms with Crippen molar-refractivity contribution in [2.75, 3.05) is 6.54 Å². The van der Waals surface area contributed by atoms with Crippen LogP contribution in [0.3, 0.4) is 0 Å². The molecule has 106 valence electrons. The molecule has 0 aliphatic heterocycles. The average molecular weight is 306 g/mol. The van der Waals surface area contributed by atoms with Gasteiger partial charge in [0.1, 0.15) is 5.84 Å². The van der Waals surface area contributed by atoms with E-state index < -0.39 is 10.0 Å². The van der Waals surface area contributed by atoms with E-state index in [1.54, 1.807) is 12.1 Å². The number of oxime groups is 1. The van der Waals surface area contributed by atoms with Crippen molar-refractivity contribution >= 4 is 27.5 Å². The summed E-state index contributed by atoms with van der Waals surface area (Å²) < 4.78 is 26.2. The lowest BCUT2D eigenvalue weighted by molar-refractivity contribution is 0.316. The summed E-state index contributed by atoms with van der Waals surface area (Å²) in [5.41, 5.74) is 5.30. The summed E-state index contributed by atoms with van der Waals surface area (Å²) in [6, 6.07) is 6.05. The van der Waals surface area contributed by atoms with Gasteiger partial charge in [-0.2, -0.15) is 0 Å². The van der Waals surface area contributed by atoms with E-state index in [2.05, 4.69) is 9.88 Å². The van der Waals surface area contributed by atoms with Gasteiger partial charge < -0.3 is 10.9 Å². The Labute approximate surface area is 117 Å². The third-order valence-corrected chi connectivity index (χ3v) is 4.08. The molecule has 0 unspecified atom stereocenters. The maximum absolute atomic E-state index is 11.9. The summed E-state index contributed by atoms with van der Waals surface area (Å²) in [5.74, 6) is 0.137. The molecule has 0 radical (unpaired) electrons. The fourth-order valence-corrected chi connectivity index (χ4v) is 2.78. The lowest BCUT2D eigenvalue weighted by Crippen LogP contribution is -2.25. The van der Waals surface area contributed by atoms with Crippen LogP contribution in [0.15, 0.2) is 34.3 Å². The van der Waals surface area contributed by atoms with Gasteiger partial charge in [-0.15, -0.1) is 0 Å². The Morgan fingerprint density at radius 1 is 1.42 bits per heavy atom. The number of halogens is 1. The maximum Gasteiger partial charge on any atom is 0.240 e. The van der Waals surface area contributed by atoms with E-state index in [1.165, 1.54) is 12.1 Å². The molecule has 6 nitrogen and oxygen atoms in total. The van der Waals surface area contributed by atoms with E-state index >= 15 is 0 Å². The van der Waals surface area contributed by atoms with Crippen LogP contribution in [0.25, 0.3) is 0 Å². The summed E-state index contributed by atoms with van der Waals surface area (Å²) >= 11 is 5.74. The van der Waals surface area contributed by atoms with Crippen molar-refractivity contribution in [3.05, 3.63) is 29.3 Å². The van der Waals surface area contributed by atoms with E-state index in [0.717, 1.165) is 0 Å². The van der Waals surface area contributed by atoms with Crippen LogP contribution >= 0.6 is 11.6 Å². The highest BCUT2D eigenvalue weighted by atomic mass is 35.5. The zero-order valence-electron chi connectivity index (χ0n) is 10.2. The fraction of sp³-hybridized carbons (Fsp3) is 0.364. The first-order valence-corrected chi connectivity index (χ1v) is 7.53. The number of unbranched alkanes of at least 4 members (excludes halogenated alkanes) is 1. The van der Waals surface area contributed by atoms with Crippen molar-refractivity contribution in [1.82, 2.24) is 4.72 Å². The monoisotopic (exact) mass is 305 g/mol. The quantitative estimate of drug-likeness (QED) is 0.233. The number of hydrogen-bond donors (Lipinski definition) is 3. The summed E-state index contributed by atoms with van der Waals surface area (Å²) in [6.45, 7) is 0.285. The topological polar surface area (TPSA) is 105 Å². The smallest absolute Gasteiger partial charge is 0.240 e. The second kappa shape index (κ2) is 7.32. The molecule has 0 aromatic heterocycles. The van der Waals surface area contributed by atoms with Gasteiger partial charge in [0.2, 0.25) is 10.0 Å². The Morgan fingerprint density at radius 3 is 2.79 bits per heavy atom. The van der Waals surface area contributed by atoms with Gasteiger partial charge in [-0.1, -0.05) is 22.8 Å². The predicted molar refractivity (Wildman–Crippen MR) is 73.9 cm³/mol. The lowest BCUT2D eigenvalue weighted by Gasteiger charge is -2.06. The molecule has 0 aliphatic carbocycles. The Morgan fingerprint density at radius 2 is 2.16 bits per heavy atom. The molecule has 1 aromatic carbocycles. The molecule has 0 saturated carbocycles. The molecule has 0 spiro atoms. The number of amidine groups is 1. The van der Waals surface area contributed by atoms with Crippen molar-refractivity contribution in [3.8, 4) is 0 Å². The summed E-state index contributed by atoms with van der Waals surface area (Å²) in [6.07, 6.45) is 1.65. The average Bonchev–Trinajstić information content (AvgIpc) is 2.38. The second-order valence-electron chi connectivity index (χ2n) is 3.90.